The van der Waals surface area contributed by atoms with Crippen LogP contribution < -0.4 is 5.73 Å². The molecule has 166 valence electrons. The lowest BCUT2D eigenvalue weighted by molar-refractivity contribution is -0.151. The van der Waals surface area contributed by atoms with Crippen LogP contribution in [0, 0.1) is 0 Å². The molecule has 4 aromatic rings. The van der Waals surface area contributed by atoms with E-state index in [1.807, 2.05) is 0 Å². The molecular formula is C18H8Cl2F6N6. The van der Waals surface area contributed by atoms with Crippen LogP contribution in [0.2, 0.25) is 10.0 Å². The van der Waals surface area contributed by atoms with E-state index in [9.17, 15) is 26.3 Å². The van der Waals surface area contributed by atoms with Gasteiger partial charge < -0.3 is 5.73 Å². The third kappa shape index (κ3) is 3.79. The molecule has 0 saturated heterocycles. The zero-order chi connectivity index (χ0) is 23.4. The molecule has 0 spiro atoms. The largest absolute Gasteiger partial charge is 0.451 e. The Hall–Kier alpha value is -3.12. The summed E-state index contributed by atoms with van der Waals surface area (Å²) in [5.74, 6) is -2.69. The fraction of sp³-hybridized carbons (Fsp3) is 0.111. The Morgan fingerprint density at radius 2 is 1.56 bits per heavy atom. The molecule has 4 rings (SSSR count). The second-order valence-electron chi connectivity index (χ2n) is 6.42. The van der Waals surface area contributed by atoms with Crippen molar-refractivity contribution in [2.45, 2.75) is 12.4 Å². The molecule has 0 aliphatic carbocycles. The molecule has 0 unspecified atom stereocenters. The Balaban J connectivity index is 1.98. The second-order valence-corrected chi connectivity index (χ2v) is 7.23. The number of halogens is 8. The minimum Gasteiger partial charge on any atom is -0.383 e. The summed E-state index contributed by atoms with van der Waals surface area (Å²) in [6, 6.07) is 6.25. The van der Waals surface area contributed by atoms with E-state index in [1.54, 1.807) is 18.3 Å². The Labute approximate surface area is 184 Å². The van der Waals surface area contributed by atoms with Crippen molar-refractivity contribution in [1.82, 2.24) is 24.7 Å². The van der Waals surface area contributed by atoms with E-state index in [2.05, 4.69) is 20.1 Å². The molecule has 0 saturated carbocycles. The monoisotopic (exact) mass is 492 g/mol. The third-order valence-corrected chi connectivity index (χ3v) is 4.89. The molecule has 1 aromatic carbocycles. The van der Waals surface area contributed by atoms with Gasteiger partial charge in [0.05, 0.1) is 15.4 Å². The van der Waals surface area contributed by atoms with E-state index in [-0.39, 0.29) is 15.7 Å². The zero-order valence-electron chi connectivity index (χ0n) is 15.3. The summed E-state index contributed by atoms with van der Waals surface area (Å²) in [6.07, 6.45) is -7.43. The number of hydrogen-bond donors (Lipinski definition) is 1. The summed E-state index contributed by atoms with van der Waals surface area (Å²) in [5.41, 5.74) is 4.06. The molecule has 0 aliphatic heterocycles. The van der Waals surface area contributed by atoms with Gasteiger partial charge in [-0.1, -0.05) is 29.3 Å². The second kappa shape index (κ2) is 7.48. The number of nitrogens with two attached hydrogens (primary N) is 1. The molecule has 3 aromatic heterocycles. The first-order valence-electron chi connectivity index (χ1n) is 8.48. The molecule has 0 atom stereocenters. The van der Waals surface area contributed by atoms with Gasteiger partial charge in [0, 0.05) is 18.0 Å². The van der Waals surface area contributed by atoms with Gasteiger partial charge >= 0.3 is 12.4 Å². The van der Waals surface area contributed by atoms with Crippen LogP contribution in [-0.2, 0) is 12.4 Å². The van der Waals surface area contributed by atoms with Crippen LogP contribution in [0.25, 0.3) is 27.8 Å². The number of nitrogens with zero attached hydrogens (tertiary/aromatic N) is 5. The molecule has 6 nitrogen and oxygen atoms in total. The lowest BCUT2D eigenvalue weighted by Gasteiger charge is -2.12. The van der Waals surface area contributed by atoms with Crippen LogP contribution in [0.3, 0.4) is 0 Å². The number of fused-ring (bicyclic) bond motifs is 1. The maximum atomic E-state index is 13.5. The van der Waals surface area contributed by atoms with Crippen molar-refractivity contribution in [3.63, 3.8) is 0 Å². The number of nitrogen functional groups attached to an aromatic ring is 1. The first-order chi connectivity index (χ1) is 14.9. The number of benzene rings is 1. The van der Waals surface area contributed by atoms with Crippen molar-refractivity contribution in [1.29, 1.82) is 0 Å². The van der Waals surface area contributed by atoms with Crippen LogP contribution in [0.4, 0.5) is 32.2 Å². The number of hydrogen-bond acceptors (Lipinski definition) is 5. The normalized spacial score (nSPS) is 12.5. The molecular weight excluding hydrogens is 485 g/mol. The van der Waals surface area contributed by atoms with Crippen LogP contribution in [0.1, 0.15) is 11.5 Å². The highest BCUT2D eigenvalue weighted by Gasteiger charge is 2.43. The van der Waals surface area contributed by atoms with Gasteiger partial charge in [0.1, 0.15) is 11.5 Å². The average molecular weight is 493 g/mol. The fourth-order valence-corrected chi connectivity index (χ4v) is 3.63. The van der Waals surface area contributed by atoms with Gasteiger partial charge in [-0.2, -0.15) is 26.3 Å². The van der Waals surface area contributed by atoms with Crippen LogP contribution in [-0.4, -0.2) is 24.7 Å². The van der Waals surface area contributed by atoms with Crippen molar-refractivity contribution >= 4 is 40.1 Å². The van der Waals surface area contributed by atoms with Crippen molar-refractivity contribution in [2.75, 3.05) is 5.73 Å². The summed E-state index contributed by atoms with van der Waals surface area (Å²) in [5, 5.41) is 2.65. The van der Waals surface area contributed by atoms with E-state index in [0.717, 1.165) is 0 Å². The molecule has 0 amide bonds. The molecule has 0 bridgehead atoms. The molecule has 14 heteroatoms. The van der Waals surface area contributed by atoms with Crippen molar-refractivity contribution < 1.29 is 26.3 Å². The molecule has 3 heterocycles. The molecule has 32 heavy (non-hydrogen) atoms. The Bertz CT molecular complexity index is 1310. The quantitative estimate of drug-likeness (QED) is 0.357. The summed E-state index contributed by atoms with van der Waals surface area (Å²) < 4.78 is 80.2. The van der Waals surface area contributed by atoms with E-state index in [1.165, 1.54) is 18.3 Å². The van der Waals surface area contributed by atoms with Crippen molar-refractivity contribution in [3.05, 3.63) is 58.2 Å². The lowest BCUT2D eigenvalue weighted by Crippen LogP contribution is -2.17. The van der Waals surface area contributed by atoms with Gasteiger partial charge in [-0.3, -0.25) is 4.98 Å². The zero-order valence-corrected chi connectivity index (χ0v) is 16.8. The van der Waals surface area contributed by atoms with Crippen LogP contribution >= 0.6 is 23.2 Å². The summed E-state index contributed by atoms with van der Waals surface area (Å²) >= 11 is 12.6. The summed E-state index contributed by atoms with van der Waals surface area (Å²) in [4.78, 5) is 9.72. The highest BCUT2D eigenvalue weighted by molar-refractivity contribution is 6.38. The predicted octanol–water partition coefficient (Wildman–Crippen LogP) is 5.80. The number of rotatable bonds is 2. The molecule has 0 fully saturated rings. The summed E-state index contributed by atoms with van der Waals surface area (Å²) in [6.45, 7) is 0. The van der Waals surface area contributed by atoms with Crippen molar-refractivity contribution in [2.24, 2.45) is 0 Å². The Morgan fingerprint density at radius 3 is 2.09 bits per heavy atom. The molecule has 0 radical (unpaired) electrons. The average Bonchev–Trinajstić information content (AvgIpc) is 3.02. The van der Waals surface area contributed by atoms with Gasteiger partial charge in [-0.05, 0) is 23.8 Å². The van der Waals surface area contributed by atoms with Crippen LogP contribution in [0.15, 0.2) is 36.7 Å². The molecule has 0 aliphatic rings. The van der Waals surface area contributed by atoms with Gasteiger partial charge in [0.25, 0.3) is 0 Å². The van der Waals surface area contributed by atoms with Gasteiger partial charge in [-0.25, -0.2) is 14.6 Å². The Morgan fingerprint density at radius 1 is 0.906 bits per heavy atom. The number of anilines is 1. The van der Waals surface area contributed by atoms with Gasteiger partial charge in [0.15, 0.2) is 11.3 Å². The van der Waals surface area contributed by atoms with Crippen LogP contribution in [0.5, 0.6) is 0 Å². The topological polar surface area (TPSA) is 82.5 Å². The smallest absolute Gasteiger partial charge is 0.383 e. The maximum Gasteiger partial charge on any atom is 0.451 e. The van der Waals surface area contributed by atoms with Crippen molar-refractivity contribution in [3.8, 4) is 16.8 Å². The fourth-order valence-electron chi connectivity index (χ4n) is 2.98. The van der Waals surface area contributed by atoms with E-state index < -0.39 is 40.7 Å². The molecule has 2 N–H and O–H groups in total. The number of aromatic nitrogens is 5. The maximum absolute atomic E-state index is 13.5. The van der Waals surface area contributed by atoms with E-state index >= 15 is 0 Å². The first kappa shape index (κ1) is 22.1. The number of alkyl halides is 6. The van der Waals surface area contributed by atoms with Gasteiger partial charge in [0.2, 0.25) is 5.82 Å². The standard InChI is InChI=1S/C18H8Cl2F6N6/c19-9-4-8(7-2-1-3-28-6-7)5-10(20)12(9)32-14(27)11-13(17(21,22)23)29-16(18(24,25)26)30-15(11)31-32/h1-6H,27H2. The predicted molar refractivity (Wildman–Crippen MR) is 104 cm³/mol. The highest BCUT2D eigenvalue weighted by atomic mass is 35.5. The highest BCUT2D eigenvalue weighted by Crippen LogP contribution is 2.41. The number of pyridine rings is 1. The third-order valence-electron chi connectivity index (χ3n) is 4.31. The minimum absolute atomic E-state index is 0.0755. The lowest BCUT2D eigenvalue weighted by atomic mass is 10.1. The Kier molecular flexibility index (Phi) is 5.17. The first-order valence-corrected chi connectivity index (χ1v) is 9.24. The summed E-state index contributed by atoms with van der Waals surface area (Å²) in [7, 11) is 0. The van der Waals surface area contributed by atoms with E-state index in [0.29, 0.717) is 15.8 Å². The van der Waals surface area contributed by atoms with E-state index in [4.69, 9.17) is 28.9 Å². The van der Waals surface area contributed by atoms with Gasteiger partial charge in [-0.15, -0.1) is 5.10 Å². The minimum atomic E-state index is -5.26. The SMILES string of the molecule is Nc1c2c(C(F)(F)F)nc(C(F)(F)F)nc2nn1-c1c(Cl)cc(-c2cccnc2)cc1Cl.